The van der Waals surface area contributed by atoms with Crippen LogP contribution in [0.25, 0.3) is 16.7 Å². The first-order chi connectivity index (χ1) is 9.60. The van der Waals surface area contributed by atoms with Gasteiger partial charge in [0, 0.05) is 14.6 Å². The number of hydrogen-bond donors (Lipinski definition) is 0. The minimum Gasteiger partial charge on any atom is -0.295 e. The minimum atomic E-state index is 0.373. The lowest BCUT2D eigenvalue weighted by molar-refractivity contribution is 0.980. The number of benzene rings is 2. The van der Waals surface area contributed by atoms with Crippen molar-refractivity contribution in [1.29, 1.82) is 0 Å². The molecule has 0 radical (unpaired) electrons. The predicted octanol–water partition coefficient (Wildman–Crippen LogP) is 5.60. The number of aryl methyl sites for hydroxylation is 1. The predicted molar refractivity (Wildman–Crippen MR) is 90.8 cm³/mol. The van der Waals surface area contributed by atoms with E-state index in [9.17, 15) is 0 Å². The first-order valence-electron chi connectivity index (χ1n) is 6.09. The Hall–Kier alpha value is -0.840. The van der Waals surface area contributed by atoms with Gasteiger partial charge in [0.15, 0.2) is 0 Å². The molecule has 2 aromatic carbocycles. The highest BCUT2D eigenvalue weighted by Crippen LogP contribution is 2.27. The first kappa shape index (κ1) is 14.1. The Balaban J connectivity index is 2.30. The molecule has 20 heavy (non-hydrogen) atoms. The second-order valence-corrected chi connectivity index (χ2v) is 6.60. The number of rotatable bonds is 2. The van der Waals surface area contributed by atoms with Crippen LogP contribution in [0.2, 0.25) is 0 Å². The first-order valence-corrected chi connectivity index (χ1v) is 8.21. The molecule has 0 saturated carbocycles. The Labute approximate surface area is 139 Å². The summed E-state index contributed by atoms with van der Waals surface area (Å²) < 4.78 is 4.19. The van der Waals surface area contributed by atoms with Crippen molar-refractivity contribution in [2.45, 2.75) is 12.8 Å². The average Bonchev–Trinajstić information content (AvgIpc) is 2.79. The Morgan fingerprint density at radius 3 is 2.65 bits per heavy atom. The van der Waals surface area contributed by atoms with E-state index in [0.29, 0.717) is 5.88 Å². The molecule has 1 aromatic heterocycles. The molecule has 102 valence electrons. The van der Waals surface area contributed by atoms with Gasteiger partial charge in [-0.15, -0.1) is 11.6 Å². The number of fused-ring (bicyclic) bond motifs is 1. The van der Waals surface area contributed by atoms with E-state index >= 15 is 0 Å². The van der Waals surface area contributed by atoms with E-state index < -0.39 is 0 Å². The summed E-state index contributed by atoms with van der Waals surface area (Å²) in [6, 6.07) is 12.3. The molecule has 3 rings (SSSR count). The molecule has 0 aliphatic heterocycles. The normalized spacial score (nSPS) is 11.2. The standard InChI is InChI=1S/C15H11Br2ClN2/c1-9-2-4-11(7-12(9)17)20-14-5-3-10(16)6-13(14)19-15(20)8-18/h2-7H,8H2,1H3. The molecule has 0 unspecified atom stereocenters. The summed E-state index contributed by atoms with van der Waals surface area (Å²) in [6.07, 6.45) is 0. The van der Waals surface area contributed by atoms with Gasteiger partial charge in [-0.25, -0.2) is 4.98 Å². The molecule has 0 bridgehead atoms. The molecule has 0 atom stereocenters. The largest absolute Gasteiger partial charge is 0.295 e. The number of nitrogens with zero attached hydrogens (tertiary/aromatic N) is 2. The third-order valence-electron chi connectivity index (χ3n) is 3.22. The maximum absolute atomic E-state index is 6.06. The van der Waals surface area contributed by atoms with Gasteiger partial charge in [-0.05, 0) is 42.8 Å². The van der Waals surface area contributed by atoms with Crippen molar-refractivity contribution >= 4 is 54.5 Å². The van der Waals surface area contributed by atoms with Gasteiger partial charge < -0.3 is 0 Å². The Morgan fingerprint density at radius 1 is 1.15 bits per heavy atom. The molecule has 0 spiro atoms. The van der Waals surface area contributed by atoms with Gasteiger partial charge in [0.25, 0.3) is 0 Å². The second kappa shape index (κ2) is 5.51. The van der Waals surface area contributed by atoms with Crippen molar-refractivity contribution in [1.82, 2.24) is 9.55 Å². The monoisotopic (exact) mass is 412 g/mol. The van der Waals surface area contributed by atoms with Crippen LogP contribution in [0.5, 0.6) is 0 Å². The van der Waals surface area contributed by atoms with E-state index in [4.69, 9.17) is 11.6 Å². The van der Waals surface area contributed by atoms with Crippen LogP contribution in [-0.2, 0) is 5.88 Å². The lowest BCUT2D eigenvalue weighted by Crippen LogP contribution is -1.99. The van der Waals surface area contributed by atoms with Gasteiger partial charge in [-0.1, -0.05) is 37.9 Å². The molecule has 0 aliphatic carbocycles. The van der Waals surface area contributed by atoms with E-state index in [1.807, 2.05) is 12.1 Å². The highest BCUT2D eigenvalue weighted by atomic mass is 79.9. The topological polar surface area (TPSA) is 17.8 Å². The van der Waals surface area contributed by atoms with Gasteiger partial charge in [0.05, 0.1) is 16.9 Å². The Morgan fingerprint density at radius 2 is 1.95 bits per heavy atom. The van der Waals surface area contributed by atoms with Crippen LogP contribution in [0.3, 0.4) is 0 Å². The molecule has 0 amide bonds. The van der Waals surface area contributed by atoms with Crippen molar-refractivity contribution in [3.8, 4) is 5.69 Å². The summed E-state index contributed by atoms with van der Waals surface area (Å²) in [5.74, 6) is 1.22. The minimum absolute atomic E-state index is 0.373. The number of aromatic nitrogens is 2. The quantitative estimate of drug-likeness (QED) is 0.499. The smallest absolute Gasteiger partial charge is 0.129 e. The molecule has 3 aromatic rings. The van der Waals surface area contributed by atoms with Crippen LogP contribution in [0, 0.1) is 6.92 Å². The van der Waals surface area contributed by atoms with Gasteiger partial charge >= 0.3 is 0 Å². The fraction of sp³-hybridized carbons (Fsp3) is 0.133. The van der Waals surface area contributed by atoms with Crippen molar-refractivity contribution in [3.63, 3.8) is 0 Å². The van der Waals surface area contributed by atoms with E-state index in [1.165, 1.54) is 5.56 Å². The molecule has 0 saturated heterocycles. The fourth-order valence-electron chi connectivity index (χ4n) is 2.20. The van der Waals surface area contributed by atoms with Crippen LogP contribution < -0.4 is 0 Å². The summed E-state index contributed by atoms with van der Waals surface area (Å²) in [7, 11) is 0. The fourth-order valence-corrected chi connectivity index (χ4v) is 3.10. The zero-order valence-electron chi connectivity index (χ0n) is 10.7. The van der Waals surface area contributed by atoms with E-state index in [1.54, 1.807) is 0 Å². The van der Waals surface area contributed by atoms with Crippen molar-refractivity contribution in [2.75, 3.05) is 0 Å². The second-order valence-electron chi connectivity index (χ2n) is 4.56. The Kier molecular flexibility index (Phi) is 3.89. The molecule has 5 heteroatoms. The maximum atomic E-state index is 6.06. The van der Waals surface area contributed by atoms with E-state index in [0.717, 1.165) is 31.5 Å². The average molecular weight is 415 g/mol. The van der Waals surface area contributed by atoms with Crippen molar-refractivity contribution in [3.05, 3.63) is 56.7 Å². The SMILES string of the molecule is Cc1ccc(-n2c(CCl)nc3cc(Br)ccc32)cc1Br. The molecular weight excluding hydrogens is 403 g/mol. The number of hydrogen-bond acceptors (Lipinski definition) is 1. The summed E-state index contributed by atoms with van der Waals surface area (Å²) in [5.41, 5.74) is 4.25. The summed E-state index contributed by atoms with van der Waals surface area (Å²) in [4.78, 5) is 4.61. The molecule has 1 heterocycles. The summed E-state index contributed by atoms with van der Waals surface area (Å²) in [5, 5.41) is 0. The van der Waals surface area contributed by atoms with E-state index in [2.05, 4.69) is 72.6 Å². The highest BCUT2D eigenvalue weighted by molar-refractivity contribution is 9.10. The number of imidazole rings is 1. The maximum Gasteiger partial charge on any atom is 0.129 e. The summed E-state index contributed by atoms with van der Waals surface area (Å²) >= 11 is 13.1. The lowest BCUT2D eigenvalue weighted by atomic mass is 10.2. The lowest BCUT2D eigenvalue weighted by Gasteiger charge is -2.09. The molecular formula is C15H11Br2ClN2. The van der Waals surface area contributed by atoms with Crippen LogP contribution in [0.1, 0.15) is 11.4 Å². The van der Waals surface area contributed by atoms with Gasteiger partial charge in [-0.2, -0.15) is 0 Å². The number of halogens is 3. The van der Waals surface area contributed by atoms with E-state index in [-0.39, 0.29) is 0 Å². The van der Waals surface area contributed by atoms with Crippen LogP contribution in [0.4, 0.5) is 0 Å². The molecule has 0 N–H and O–H groups in total. The number of alkyl halides is 1. The van der Waals surface area contributed by atoms with Gasteiger partial charge in [-0.3, -0.25) is 4.57 Å². The van der Waals surface area contributed by atoms with Gasteiger partial charge in [0.2, 0.25) is 0 Å². The molecule has 0 fully saturated rings. The zero-order chi connectivity index (χ0) is 14.3. The Bertz CT molecular complexity index is 796. The van der Waals surface area contributed by atoms with Crippen molar-refractivity contribution in [2.24, 2.45) is 0 Å². The van der Waals surface area contributed by atoms with Crippen LogP contribution in [0.15, 0.2) is 45.3 Å². The third-order valence-corrected chi connectivity index (χ3v) is 4.81. The summed E-state index contributed by atoms with van der Waals surface area (Å²) in [6.45, 7) is 2.07. The molecule has 2 nitrogen and oxygen atoms in total. The van der Waals surface area contributed by atoms with Gasteiger partial charge in [0.1, 0.15) is 5.82 Å². The molecule has 0 aliphatic rings. The van der Waals surface area contributed by atoms with Crippen LogP contribution >= 0.6 is 43.5 Å². The highest BCUT2D eigenvalue weighted by Gasteiger charge is 2.12. The zero-order valence-corrected chi connectivity index (χ0v) is 14.6. The van der Waals surface area contributed by atoms with Crippen LogP contribution in [-0.4, -0.2) is 9.55 Å². The third kappa shape index (κ3) is 2.41. The van der Waals surface area contributed by atoms with Crippen molar-refractivity contribution < 1.29 is 0 Å².